The molecule has 2 fully saturated rings. The van der Waals surface area contributed by atoms with E-state index in [-0.39, 0.29) is 17.7 Å². The lowest BCUT2D eigenvalue weighted by Gasteiger charge is -2.41. The Morgan fingerprint density at radius 2 is 1.87 bits per heavy atom. The van der Waals surface area contributed by atoms with Crippen molar-refractivity contribution in [3.8, 4) is 0 Å². The molecule has 2 aromatic rings. The van der Waals surface area contributed by atoms with E-state index in [1.807, 2.05) is 23.1 Å². The van der Waals surface area contributed by atoms with Gasteiger partial charge in [-0.1, -0.05) is 35.5 Å². The number of hydrogen-bond acceptors (Lipinski definition) is 5. The van der Waals surface area contributed by atoms with Gasteiger partial charge in [0.05, 0.1) is 5.92 Å². The summed E-state index contributed by atoms with van der Waals surface area (Å²) < 4.78 is 4.79. The van der Waals surface area contributed by atoms with E-state index >= 15 is 0 Å². The molecule has 4 rings (SSSR count). The topological polar surface area (TPSA) is 78.7 Å². The Morgan fingerprint density at radius 3 is 2.60 bits per heavy atom. The summed E-state index contributed by atoms with van der Waals surface area (Å²) >= 11 is 0. The van der Waals surface area contributed by atoms with Crippen LogP contribution < -0.4 is 5.32 Å². The third-order valence-electron chi connectivity index (χ3n) is 6.30. The Labute approximate surface area is 177 Å². The number of amides is 2. The summed E-state index contributed by atoms with van der Waals surface area (Å²) in [6.07, 6.45) is 6.17. The third-order valence-corrected chi connectivity index (χ3v) is 6.30. The van der Waals surface area contributed by atoms with E-state index in [9.17, 15) is 9.59 Å². The Hall–Kier alpha value is -2.67. The molecule has 160 valence electrons. The minimum Gasteiger partial charge on any atom is -0.364 e. The average Bonchev–Trinajstić information content (AvgIpc) is 3.34. The molecule has 0 bridgehead atoms. The molecule has 30 heavy (non-hydrogen) atoms. The van der Waals surface area contributed by atoms with Crippen LogP contribution in [0.25, 0.3) is 0 Å². The molecule has 1 aromatic heterocycles. The minimum atomic E-state index is -0.0588. The predicted molar refractivity (Wildman–Crippen MR) is 113 cm³/mol. The molecule has 3 heterocycles. The molecule has 7 heteroatoms. The zero-order chi connectivity index (χ0) is 20.8. The molecule has 0 aliphatic carbocycles. The van der Waals surface area contributed by atoms with Crippen LogP contribution in [0.3, 0.4) is 0 Å². The molecule has 2 saturated heterocycles. The lowest BCUT2D eigenvalue weighted by atomic mass is 9.93. The summed E-state index contributed by atoms with van der Waals surface area (Å²) in [6.45, 7) is 3.98. The minimum absolute atomic E-state index is 0.0588. The molecule has 0 unspecified atom stereocenters. The second kappa shape index (κ2) is 9.89. The van der Waals surface area contributed by atoms with Crippen molar-refractivity contribution in [2.75, 3.05) is 32.7 Å². The van der Waals surface area contributed by atoms with Gasteiger partial charge in [0.15, 0.2) is 5.69 Å². The predicted octanol–water partition coefficient (Wildman–Crippen LogP) is 2.35. The van der Waals surface area contributed by atoms with E-state index in [1.165, 1.54) is 11.8 Å². The number of aromatic nitrogens is 1. The van der Waals surface area contributed by atoms with Crippen molar-refractivity contribution in [3.63, 3.8) is 0 Å². The Kier molecular flexibility index (Phi) is 6.79. The molecule has 7 nitrogen and oxygen atoms in total. The van der Waals surface area contributed by atoms with Gasteiger partial charge >= 0.3 is 0 Å². The van der Waals surface area contributed by atoms with Crippen LogP contribution in [0.15, 0.2) is 47.2 Å². The number of nitrogens with one attached hydrogen (secondary N) is 1. The van der Waals surface area contributed by atoms with Gasteiger partial charge in [-0.25, -0.2) is 0 Å². The highest BCUT2D eigenvalue weighted by Gasteiger charge is 2.33. The van der Waals surface area contributed by atoms with Crippen LogP contribution in [0.2, 0.25) is 0 Å². The van der Waals surface area contributed by atoms with Gasteiger partial charge < -0.3 is 14.7 Å². The average molecular weight is 411 g/mol. The van der Waals surface area contributed by atoms with E-state index in [4.69, 9.17) is 4.52 Å². The standard InChI is InChI=1S/C23H30N4O3/c28-22(24-12-8-18-5-2-1-3-6-18)19-7-4-13-27(17-19)20-9-14-26(15-10-20)23(29)21-11-16-30-25-21/h1-3,5-6,11,16,19-20H,4,7-10,12-15,17H2,(H,24,28)/t19-/m0/s1. The second-order valence-corrected chi connectivity index (χ2v) is 8.27. The Balaban J connectivity index is 1.22. The molecule has 0 saturated carbocycles. The monoisotopic (exact) mass is 410 g/mol. The molecule has 1 aromatic carbocycles. The van der Waals surface area contributed by atoms with Crippen LogP contribution in [-0.4, -0.2) is 65.5 Å². The molecule has 0 spiro atoms. The number of carbonyl (C=O) groups excluding carboxylic acids is 2. The molecule has 2 amide bonds. The van der Waals surface area contributed by atoms with Gasteiger partial charge in [0.1, 0.15) is 6.26 Å². The van der Waals surface area contributed by atoms with E-state index in [2.05, 4.69) is 27.5 Å². The van der Waals surface area contributed by atoms with Crippen LogP contribution in [0.1, 0.15) is 41.7 Å². The van der Waals surface area contributed by atoms with Crippen molar-refractivity contribution in [2.45, 2.75) is 38.1 Å². The second-order valence-electron chi connectivity index (χ2n) is 8.27. The fourth-order valence-electron chi connectivity index (χ4n) is 4.59. The summed E-state index contributed by atoms with van der Waals surface area (Å²) in [7, 11) is 0. The fourth-order valence-corrected chi connectivity index (χ4v) is 4.59. The number of carbonyl (C=O) groups is 2. The largest absolute Gasteiger partial charge is 0.364 e. The summed E-state index contributed by atoms with van der Waals surface area (Å²) in [6, 6.07) is 12.3. The highest BCUT2D eigenvalue weighted by Crippen LogP contribution is 2.24. The molecular weight excluding hydrogens is 380 g/mol. The van der Waals surface area contributed by atoms with Gasteiger partial charge in [-0.15, -0.1) is 0 Å². The van der Waals surface area contributed by atoms with Crippen LogP contribution in [0.5, 0.6) is 0 Å². The van der Waals surface area contributed by atoms with Crippen LogP contribution >= 0.6 is 0 Å². The van der Waals surface area contributed by atoms with Gasteiger partial charge in [-0.05, 0) is 44.2 Å². The van der Waals surface area contributed by atoms with Crippen LogP contribution in [0.4, 0.5) is 0 Å². The van der Waals surface area contributed by atoms with Crippen molar-refractivity contribution in [3.05, 3.63) is 53.9 Å². The van der Waals surface area contributed by atoms with Gasteiger partial charge in [-0.3, -0.25) is 14.5 Å². The zero-order valence-electron chi connectivity index (χ0n) is 17.3. The van der Waals surface area contributed by atoms with Gasteiger partial charge in [0, 0.05) is 38.3 Å². The van der Waals surface area contributed by atoms with Crippen molar-refractivity contribution in [2.24, 2.45) is 5.92 Å². The van der Waals surface area contributed by atoms with Crippen molar-refractivity contribution >= 4 is 11.8 Å². The highest BCUT2D eigenvalue weighted by atomic mass is 16.5. The van der Waals surface area contributed by atoms with Crippen LogP contribution in [0, 0.1) is 5.92 Å². The fraction of sp³-hybridized carbons (Fsp3) is 0.522. The van der Waals surface area contributed by atoms with E-state index in [0.717, 1.165) is 58.3 Å². The lowest BCUT2D eigenvalue weighted by Crippen LogP contribution is -2.51. The number of hydrogen-bond donors (Lipinski definition) is 1. The van der Waals surface area contributed by atoms with Gasteiger partial charge in [0.25, 0.3) is 5.91 Å². The van der Waals surface area contributed by atoms with E-state index in [1.54, 1.807) is 6.07 Å². The first-order chi connectivity index (χ1) is 14.7. The number of benzene rings is 1. The first-order valence-electron chi connectivity index (χ1n) is 11.0. The molecule has 1 N–H and O–H groups in total. The smallest absolute Gasteiger partial charge is 0.276 e. The van der Waals surface area contributed by atoms with Gasteiger partial charge in [0.2, 0.25) is 5.91 Å². The lowest BCUT2D eigenvalue weighted by molar-refractivity contribution is -0.127. The van der Waals surface area contributed by atoms with Crippen molar-refractivity contribution in [1.29, 1.82) is 0 Å². The summed E-state index contributed by atoms with van der Waals surface area (Å²) in [5.74, 6) is 0.176. The molecule has 1 atom stereocenters. The van der Waals surface area contributed by atoms with E-state index in [0.29, 0.717) is 18.3 Å². The number of rotatable bonds is 6. The van der Waals surface area contributed by atoms with E-state index < -0.39 is 0 Å². The summed E-state index contributed by atoms with van der Waals surface area (Å²) in [5.41, 5.74) is 1.62. The molecule has 2 aliphatic rings. The Bertz CT molecular complexity index is 816. The normalized spacial score (nSPS) is 20.8. The third kappa shape index (κ3) is 5.08. The first-order valence-corrected chi connectivity index (χ1v) is 11.0. The van der Waals surface area contributed by atoms with Crippen molar-refractivity contribution in [1.82, 2.24) is 20.3 Å². The maximum absolute atomic E-state index is 12.7. The number of likely N-dealkylation sites (tertiary alicyclic amines) is 2. The quantitative estimate of drug-likeness (QED) is 0.791. The first kappa shape index (κ1) is 20.6. The SMILES string of the molecule is O=C(NCCc1ccccc1)[C@H]1CCCN(C2CCN(C(=O)c3ccon3)CC2)C1. The summed E-state index contributed by atoms with van der Waals surface area (Å²) in [4.78, 5) is 29.4. The molecular formula is C23H30N4O3. The Morgan fingerprint density at radius 1 is 1.07 bits per heavy atom. The highest BCUT2D eigenvalue weighted by molar-refractivity contribution is 5.92. The number of piperidine rings is 2. The molecule has 2 aliphatic heterocycles. The molecule has 0 radical (unpaired) electrons. The maximum atomic E-state index is 12.7. The van der Waals surface area contributed by atoms with Crippen LogP contribution in [-0.2, 0) is 11.2 Å². The maximum Gasteiger partial charge on any atom is 0.276 e. The zero-order valence-corrected chi connectivity index (χ0v) is 17.3. The van der Waals surface area contributed by atoms with Crippen molar-refractivity contribution < 1.29 is 14.1 Å². The summed E-state index contributed by atoms with van der Waals surface area (Å²) in [5, 5.41) is 6.88. The van der Waals surface area contributed by atoms with Gasteiger partial charge in [-0.2, -0.15) is 0 Å². The number of nitrogens with zero attached hydrogens (tertiary/aromatic N) is 3.